The van der Waals surface area contributed by atoms with Gasteiger partial charge in [-0.2, -0.15) is 0 Å². The van der Waals surface area contributed by atoms with E-state index in [0.717, 1.165) is 56.1 Å². The number of aliphatic imine (C=N–C) groups is 1. The highest BCUT2D eigenvalue weighted by atomic mass is 16.6. The first-order valence-electron chi connectivity index (χ1n) is 11.6. The van der Waals surface area contributed by atoms with E-state index in [1.165, 1.54) is 0 Å². The maximum absolute atomic E-state index is 12.0. The molecule has 2 heterocycles. The van der Waals surface area contributed by atoms with E-state index in [-0.39, 0.29) is 6.04 Å². The Bertz CT molecular complexity index is 857. The van der Waals surface area contributed by atoms with Crippen LogP contribution in [0.1, 0.15) is 66.1 Å². The normalized spacial score (nSPS) is 13.1. The molecule has 9 nitrogen and oxygen atoms in total. The number of pyridine rings is 1. The molecule has 0 aliphatic rings. The number of carbonyl (C=O) groups excluding carboxylic acids is 1. The summed E-state index contributed by atoms with van der Waals surface area (Å²) in [5.74, 6) is 1.70. The van der Waals surface area contributed by atoms with Crippen LogP contribution in [-0.4, -0.2) is 57.9 Å². The molecule has 1 atom stereocenters. The van der Waals surface area contributed by atoms with E-state index >= 15 is 0 Å². The minimum absolute atomic E-state index is 0.0701. The molecule has 0 spiro atoms. The molecule has 1 unspecified atom stereocenters. The number of nitrogens with one attached hydrogen (secondary N) is 3. The van der Waals surface area contributed by atoms with Crippen LogP contribution < -0.4 is 16.0 Å². The molecule has 2 aromatic rings. The molecule has 0 aromatic carbocycles. The molecule has 0 fully saturated rings. The topological polar surface area (TPSA) is 105 Å². The minimum atomic E-state index is -0.511. The Morgan fingerprint density at radius 1 is 1.19 bits per heavy atom. The Kier molecular flexibility index (Phi) is 10.2. The molecule has 9 heteroatoms. The van der Waals surface area contributed by atoms with Crippen molar-refractivity contribution in [2.45, 2.75) is 78.4 Å². The number of guanidine groups is 1. The summed E-state index contributed by atoms with van der Waals surface area (Å²) >= 11 is 0. The van der Waals surface area contributed by atoms with Gasteiger partial charge in [0.1, 0.15) is 11.4 Å². The predicted molar refractivity (Wildman–Crippen MR) is 128 cm³/mol. The Hall–Kier alpha value is -2.84. The largest absolute Gasteiger partial charge is 0.444 e. The monoisotopic (exact) mass is 445 g/mol. The second kappa shape index (κ2) is 12.9. The molecular weight excluding hydrogens is 406 g/mol. The zero-order chi connectivity index (χ0) is 23.4. The van der Waals surface area contributed by atoms with E-state index in [2.05, 4.69) is 33.1 Å². The molecule has 2 aromatic heterocycles. The third-order valence-electron chi connectivity index (χ3n) is 4.70. The van der Waals surface area contributed by atoms with Gasteiger partial charge in [0.05, 0.1) is 0 Å². The van der Waals surface area contributed by atoms with Crippen molar-refractivity contribution in [1.29, 1.82) is 0 Å². The fourth-order valence-corrected chi connectivity index (χ4v) is 3.20. The summed E-state index contributed by atoms with van der Waals surface area (Å²) in [5.41, 5.74) is 0.347. The van der Waals surface area contributed by atoms with E-state index in [0.29, 0.717) is 13.1 Å². The van der Waals surface area contributed by atoms with Crippen LogP contribution in [0.2, 0.25) is 0 Å². The van der Waals surface area contributed by atoms with Crippen molar-refractivity contribution in [2.75, 3.05) is 19.6 Å². The molecular formula is C23H39N7O2. The number of carbonyl (C=O) groups is 1. The van der Waals surface area contributed by atoms with Crippen molar-refractivity contribution in [3.05, 3.63) is 30.2 Å². The Labute approximate surface area is 191 Å². The number of rotatable bonds is 11. The van der Waals surface area contributed by atoms with E-state index in [4.69, 9.17) is 9.73 Å². The number of hydrogen-bond acceptors (Lipinski definition) is 5. The van der Waals surface area contributed by atoms with E-state index < -0.39 is 11.7 Å². The molecule has 0 aliphatic heterocycles. The van der Waals surface area contributed by atoms with Gasteiger partial charge in [0.2, 0.25) is 0 Å². The summed E-state index contributed by atoms with van der Waals surface area (Å²) < 4.78 is 7.36. The zero-order valence-electron chi connectivity index (χ0n) is 20.1. The first-order chi connectivity index (χ1) is 15.3. The molecule has 3 N–H and O–H groups in total. The van der Waals surface area contributed by atoms with Crippen LogP contribution in [-0.2, 0) is 11.2 Å². The number of aryl methyl sites for hydroxylation is 1. The van der Waals surface area contributed by atoms with Gasteiger partial charge in [-0.15, -0.1) is 10.2 Å². The third kappa shape index (κ3) is 9.11. The molecule has 0 radical (unpaired) electrons. The predicted octanol–water partition coefficient (Wildman–Crippen LogP) is 3.30. The Balaban J connectivity index is 1.89. The quantitative estimate of drug-likeness (QED) is 0.278. The first kappa shape index (κ1) is 25.4. The van der Waals surface area contributed by atoms with Gasteiger partial charge in [-0.05, 0) is 52.7 Å². The van der Waals surface area contributed by atoms with Crippen molar-refractivity contribution in [3.8, 4) is 0 Å². The maximum Gasteiger partial charge on any atom is 0.407 e. The number of alkyl carbamates (subject to hydrolysis) is 1. The molecule has 178 valence electrons. The minimum Gasteiger partial charge on any atom is -0.444 e. The van der Waals surface area contributed by atoms with Gasteiger partial charge >= 0.3 is 6.09 Å². The highest BCUT2D eigenvalue weighted by Gasteiger charge is 2.18. The van der Waals surface area contributed by atoms with Gasteiger partial charge in [-0.25, -0.2) is 4.79 Å². The standard InChI is InChI=1S/C23H39N7O2/c1-6-8-12-18(17-26-22(31)32-23(3,4)5)27-21(24-7-2)25-15-11-14-20-29-28-19-13-9-10-16-30(19)20/h9-10,13,16,18H,6-8,11-12,14-15,17H2,1-5H3,(H,26,31)(H2,24,25,27). The average Bonchev–Trinajstić information content (AvgIpc) is 3.15. The smallest absolute Gasteiger partial charge is 0.407 e. The van der Waals surface area contributed by atoms with Gasteiger partial charge in [0, 0.05) is 38.3 Å². The van der Waals surface area contributed by atoms with Gasteiger partial charge in [-0.1, -0.05) is 25.8 Å². The molecule has 0 saturated heterocycles. The lowest BCUT2D eigenvalue weighted by Crippen LogP contribution is -2.49. The van der Waals surface area contributed by atoms with E-state index in [1.807, 2.05) is 56.5 Å². The summed E-state index contributed by atoms with van der Waals surface area (Å²) in [7, 11) is 0. The maximum atomic E-state index is 12.0. The molecule has 2 rings (SSSR count). The Morgan fingerprint density at radius 2 is 2.00 bits per heavy atom. The Morgan fingerprint density at radius 3 is 2.72 bits per heavy atom. The van der Waals surface area contributed by atoms with Gasteiger partial charge < -0.3 is 20.7 Å². The van der Waals surface area contributed by atoms with Crippen LogP contribution in [0.5, 0.6) is 0 Å². The molecule has 0 saturated carbocycles. The molecule has 32 heavy (non-hydrogen) atoms. The average molecular weight is 446 g/mol. The lowest BCUT2D eigenvalue weighted by atomic mass is 10.1. The number of unbranched alkanes of at least 4 members (excludes halogenated alkanes) is 1. The lowest BCUT2D eigenvalue weighted by Gasteiger charge is -2.24. The van der Waals surface area contributed by atoms with Crippen LogP contribution >= 0.6 is 0 Å². The molecule has 0 bridgehead atoms. The highest BCUT2D eigenvalue weighted by molar-refractivity contribution is 5.80. The summed E-state index contributed by atoms with van der Waals surface area (Å²) in [6.07, 6.45) is 6.33. The van der Waals surface area contributed by atoms with Crippen LogP contribution in [0.25, 0.3) is 5.65 Å². The second-order valence-electron chi connectivity index (χ2n) is 8.78. The van der Waals surface area contributed by atoms with Crippen LogP contribution in [0.4, 0.5) is 4.79 Å². The fourth-order valence-electron chi connectivity index (χ4n) is 3.20. The second-order valence-corrected chi connectivity index (χ2v) is 8.78. The van der Waals surface area contributed by atoms with Gasteiger partial charge in [0.15, 0.2) is 11.6 Å². The lowest BCUT2D eigenvalue weighted by molar-refractivity contribution is 0.0522. The summed E-state index contributed by atoms with van der Waals surface area (Å²) in [5, 5.41) is 18.1. The van der Waals surface area contributed by atoms with Crippen molar-refractivity contribution in [2.24, 2.45) is 4.99 Å². The number of aromatic nitrogens is 3. The number of amides is 1. The molecule has 0 aliphatic carbocycles. The SMILES string of the molecule is CCCCC(CNC(=O)OC(C)(C)C)NC(=NCCCc1nnc2ccccn12)NCC. The van der Waals surface area contributed by atoms with Crippen molar-refractivity contribution < 1.29 is 9.53 Å². The highest BCUT2D eigenvalue weighted by Crippen LogP contribution is 2.07. The number of fused-ring (bicyclic) bond motifs is 1. The molecule has 1 amide bonds. The first-order valence-corrected chi connectivity index (χ1v) is 11.6. The van der Waals surface area contributed by atoms with Crippen molar-refractivity contribution in [1.82, 2.24) is 30.5 Å². The van der Waals surface area contributed by atoms with Crippen LogP contribution in [0.15, 0.2) is 29.4 Å². The van der Waals surface area contributed by atoms with E-state index in [1.54, 1.807) is 0 Å². The summed E-state index contributed by atoms with van der Waals surface area (Å²) in [6.45, 7) is 11.7. The third-order valence-corrected chi connectivity index (χ3v) is 4.70. The fraction of sp³-hybridized carbons (Fsp3) is 0.652. The van der Waals surface area contributed by atoms with Crippen molar-refractivity contribution >= 4 is 17.7 Å². The number of nitrogens with zero attached hydrogens (tertiary/aromatic N) is 4. The van der Waals surface area contributed by atoms with E-state index in [9.17, 15) is 4.79 Å². The zero-order valence-corrected chi connectivity index (χ0v) is 20.1. The summed E-state index contributed by atoms with van der Waals surface area (Å²) in [6, 6.07) is 5.95. The summed E-state index contributed by atoms with van der Waals surface area (Å²) in [4.78, 5) is 16.8. The number of hydrogen-bond donors (Lipinski definition) is 3. The van der Waals surface area contributed by atoms with Gasteiger partial charge in [-0.3, -0.25) is 9.39 Å². The number of ether oxygens (including phenoxy) is 1. The van der Waals surface area contributed by atoms with Crippen LogP contribution in [0, 0.1) is 0 Å². The van der Waals surface area contributed by atoms with Crippen molar-refractivity contribution in [3.63, 3.8) is 0 Å². The van der Waals surface area contributed by atoms with Gasteiger partial charge in [0.25, 0.3) is 0 Å². The van der Waals surface area contributed by atoms with Crippen LogP contribution in [0.3, 0.4) is 0 Å².